The van der Waals surface area contributed by atoms with Gasteiger partial charge >= 0.3 is 0 Å². The number of hydrogen-bond donors (Lipinski definition) is 0. The Hall–Kier alpha value is 0.120. The summed E-state index contributed by atoms with van der Waals surface area (Å²) in [5.74, 6) is 0.315. The Morgan fingerprint density at radius 1 is 1.21 bits per heavy atom. The van der Waals surface area contributed by atoms with Gasteiger partial charge in [-0.1, -0.05) is 6.42 Å². The minimum absolute atomic E-state index is 0.231. The van der Waals surface area contributed by atoms with Gasteiger partial charge in [-0.25, -0.2) is 0 Å². The maximum absolute atomic E-state index is 12.6. The summed E-state index contributed by atoms with van der Waals surface area (Å²) in [6.45, 7) is 5.82. The highest BCUT2D eigenvalue weighted by molar-refractivity contribution is 7.86. The quantitative estimate of drug-likeness (QED) is 0.741. The van der Waals surface area contributed by atoms with Gasteiger partial charge in [-0.05, 0) is 26.7 Å². The predicted octanol–water partition coefficient (Wildman–Crippen LogP) is 1.44. The first kappa shape index (κ1) is 15.5. The van der Waals surface area contributed by atoms with Gasteiger partial charge in [-0.3, -0.25) is 0 Å². The summed E-state index contributed by atoms with van der Waals surface area (Å²) in [6, 6.07) is 0. The minimum Gasteiger partial charge on any atom is -0.368 e. The molecule has 0 saturated carbocycles. The summed E-state index contributed by atoms with van der Waals surface area (Å²) < 4.78 is 34.2. The van der Waals surface area contributed by atoms with E-state index >= 15 is 0 Å². The van der Waals surface area contributed by atoms with Crippen molar-refractivity contribution >= 4 is 21.8 Å². The van der Waals surface area contributed by atoms with Gasteiger partial charge < -0.3 is 4.74 Å². The zero-order chi connectivity index (χ0) is 14.1. The van der Waals surface area contributed by atoms with Gasteiger partial charge in [0, 0.05) is 32.1 Å². The van der Waals surface area contributed by atoms with Crippen LogP contribution in [-0.4, -0.2) is 60.8 Å². The van der Waals surface area contributed by atoms with Crippen LogP contribution >= 0.6 is 11.6 Å². The van der Waals surface area contributed by atoms with Crippen LogP contribution in [-0.2, 0) is 14.9 Å². The van der Waals surface area contributed by atoms with Crippen molar-refractivity contribution in [2.45, 2.75) is 44.8 Å². The van der Waals surface area contributed by atoms with Gasteiger partial charge in [0.05, 0.1) is 11.7 Å². The molecule has 2 rings (SSSR count). The molecule has 2 fully saturated rings. The topological polar surface area (TPSA) is 49.9 Å². The SMILES string of the molecule is CC1(C)CN(S(=O)(=O)N2CCCCC2)CC(CCl)O1. The van der Waals surface area contributed by atoms with Gasteiger partial charge in [0.2, 0.25) is 0 Å². The summed E-state index contributed by atoms with van der Waals surface area (Å²) in [5.41, 5.74) is -0.485. The monoisotopic (exact) mass is 310 g/mol. The Labute approximate surface area is 121 Å². The fraction of sp³-hybridized carbons (Fsp3) is 1.00. The molecule has 0 radical (unpaired) electrons. The van der Waals surface area contributed by atoms with Gasteiger partial charge in [-0.2, -0.15) is 17.0 Å². The zero-order valence-electron chi connectivity index (χ0n) is 11.6. The Morgan fingerprint density at radius 2 is 1.84 bits per heavy atom. The third-order valence-electron chi connectivity index (χ3n) is 3.59. The van der Waals surface area contributed by atoms with Crippen LogP contribution in [0.1, 0.15) is 33.1 Å². The van der Waals surface area contributed by atoms with Crippen molar-refractivity contribution < 1.29 is 13.2 Å². The van der Waals surface area contributed by atoms with E-state index < -0.39 is 15.8 Å². The molecule has 7 heteroatoms. The lowest BCUT2D eigenvalue weighted by molar-refractivity contribution is -0.108. The summed E-state index contributed by atoms with van der Waals surface area (Å²) in [6.07, 6.45) is 2.79. The largest absolute Gasteiger partial charge is 0.368 e. The molecule has 2 heterocycles. The highest BCUT2D eigenvalue weighted by Gasteiger charge is 2.41. The lowest BCUT2D eigenvalue weighted by atomic mass is 10.1. The summed E-state index contributed by atoms with van der Waals surface area (Å²) >= 11 is 5.85. The number of nitrogens with zero attached hydrogens (tertiary/aromatic N) is 2. The first-order chi connectivity index (χ1) is 8.85. The van der Waals surface area contributed by atoms with Crippen molar-refractivity contribution in [3.63, 3.8) is 0 Å². The maximum Gasteiger partial charge on any atom is 0.282 e. The molecule has 5 nitrogen and oxygen atoms in total. The number of halogens is 1. The normalized spacial score (nSPS) is 30.4. The third kappa shape index (κ3) is 3.61. The fourth-order valence-electron chi connectivity index (χ4n) is 2.76. The van der Waals surface area contributed by atoms with E-state index in [1.165, 1.54) is 4.31 Å². The second-order valence-electron chi connectivity index (χ2n) is 5.91. The number of alkyl halides is 1. The molecule has 112 valence electrons. The maximum atomic E-state index is 12.6. The Bertz CT molecular complexity index is 407. The lowest BCUT2D eigenvalue weighted by Crippen LogP contribution is -2.58. The van der Waals surface area contributed by atoms with Crippen LogP contribution in [0.25, 0.3) is 0 Å². The summed E-state index contributed by atoms with van der Waals surface area (Å²) in [5, 5.41) is 0. The van der Waals surface area contributed by atoms with E-state index in [1.54, 1.807) is 4.31 Å². The molecule has 2 aliphatic heterocycles. The van der Waals surface area contributed by atoms with Crippen molar-refractivity contribution in [3.05, 3.63) is 0 Å². The molecule has 0 amide bonds. The summed E-state index contributed by atoms with van der Waals surface area (Å²) in [4.78, 5) is 0. The molecular formula is C12H23ClN2O3S. The van der Waals surface area contributed by atoms with Gasteiger partial charge in [0.1, 0.15) is 0 Å². The Balaban J connectivity index is 2.14. The average molecular weight is 311 g/mol. The highest BCUT2D eigenvalue weighted by Crippen LogP contribution is 2.26. The molecular weight excluding hydrogens is 288 g/mol. The third-order valence-corrected chi connectivity index (χ3v) is 5.88. The minimum atomic E-state index is -3.37. The van der Waals surface area contributed by atoms with E-state index in [2.05, 4.69) is 0 Å². The zero-order valence-corrected chi connectivity index (χ0v) is 13.2. The molecule has 0 aromatic rings. The Morgan fingerprint density at radius 3 is 2.42 bits per heavy atom. The van der Waals surface area contributed by atoms with E-state index in [0.717, 1.165) is 19.3 Å². The molecule has 0 N–H and O–H groups in total. The number of morpholine rings is 1. The van der Waals surface area contributed by atoms with Crippen LogP contribution < -0.4 is 0 Å². The molecule has 1 unspecified atom stereocenters. The van der Waals surface area contributed by atoms with Crippen molar-refractivity contribution in [2.75, 3.05) is 32.1 Å². The second kappa shape index (κ2) is 5.85. The van der Waals surface area contributed by atoms with Gasteiger partial charge in [-0.15, -0.1) is 11.6 Å². The average Bonchev–Trinajstić information content (AvgIpc) is 2.37. The van der Waals surface area contributed by atoms with Crippen LogP contribution in [0.3, 0.4) is 0 Å². The number of piperidine rings is 1. The molecule has 19 heavy (non-hydrogen) atoms. The van der Waals surface area contributed by atoms with Gasteiger partial charge in [0.15, 0.2) is 0 Å². The predicted molar refractivity (Wildman–Crippen MR) is 75.6 cm³/mol. The van der Waals surface area contributed by atoms with E-state index in [-0.39, 0.29) is 6.10 Å². The van der Waals surface area contributed by atoms with E-state index in [4.69, 9.17) is 16.3 Å². The van der Waals surface area contributed by atoms with Crippen LogP contribution in [0.2, 0.25) is 0 Å². The van der Waals surface area contributed by atoms with Crippen molar-refractivity contribution in [1.29, 1.82) is 0 Å². The molecule has 1 atom stereocenters. The smallest absolute Gasteiger partial charge is 0.282 e. The number of ether oxygens (including phenoxy) is 1. The standard InChI is InChI=1S/C12H23ClN2O3S/c1-12(2)10-15(9-11(8-13)18-12)19(16,17)14-6-4-3-5-7-14/h11H,3-10H2,1-2H3. The Kier molecular flexibility index (Phi) is 4.78. The van der Waals surface area contributed by atoms with Crippen molar-refractivity contribution in [1.82, 2.24) is 8.61 Å². The van der Waals surface area contributed by atoms with Crippen LogP contribution in [0.5, 0.6) is 0 Å². The second-order valence-corrected chi connectivity index (χ2v) is 8.15. The number of hydrogen-bond acceptors (Lipinski definition) is 3. The van der Waals surface area contributed by atoms with Crippen molar-refractivity contribution in [3.8, 4) is 0 Å². The summed E-state index contributed by atoms with van der Waals surface area (Å²) in [7, 11) is -3.37. The van der Waals surface area contributed by atoms with Crippen LogP contribution in [0, 0.1) is 0 Å². The fourth-order valence-corrected chi connectivity index (χ4v) is 4.79. The molecule has 0 spiro atoms. The first-order valence-corrected chi connectivity index (χ1v) is 8.77. The molecule has 0 aliphatic carbocycles. The molecule has 0 aromatic carbocycles. The van der Waals surface area contributed by atoms with E-state index in [1.807, 2.05) is 13.8 Å². The van der Waals surface area contributed by atoms with Gasteiger partial charge in [0.25, 0.3) is 10.2 Å². The molecule has 2 aliphatic rings. The van der Waals surface area contributed by atoms with E-state index in [9.17, 15) is 8.42 Å². The highest BCUT2D eigenvalue weighted by atomic mass is 35.5. The van der Waals surface area contributed by atoms with E-state index in [0.29, 0.717) is 32.1 Å². The van der Waals surface area contributed by atoms with Crippen LogP contribution in [0.15, 0.2) is 0 Å². The van der Waals surface area contributed by atoms with Crippen LogP contribution in [0.4, 0.5) is 0 Å². The molecule has 0 bridgehead atoms. The molecule has 2 saturated heterocycles. The first-order valence-electron chi connectivity index (χ1n) is 6.84. The number of rotatable bonds is 3. The van der Waals surface area contributed by atoms with Crippen molar-refractivity contribution in [2.24, 2.45) is 0 Å². The molecule has 0 aromatic heterocycles. The lowest BCUT2D eigenvalue weighted by Gasteiger charge is -2.43.